The van der Waals surface area contributed by atoms with Gasteiger partial charge in [-0.25, -0.2) is 4.98 Å². The highest BCUT2D eigenvalue weighted by Crippen LogP contribution is 2.26. The standard InChI is InChI=1S/C15H17N3OS/c1-11-2-4-12(5-3-11)14-17-10-13(20-14)15(19)18-8-6-16-7-9-18/h2-5,10,16H,6-9H2,1H3. The minimum absolute atomic E-state index is 0.0994. The first-order chi connectivity index (χ1) is 9.74. The van der Waals surface area contributed by atoms with Crippen molar-refractivity contribution in [1.82, 2.24) is 15.2 Å². The van der Waals surface area contributed by atoms with Gasteiger partial charge in [0.05, 0.1) is 6.20 Å². The summed E-state index contributed by atoms with van der Waals surface area (Å²) in [5, 5.41) is 4.16. The first-order valence-corrected chi connectivity index (χ1v) is 7.58. The molecular weight excluding hydrogens is 270 g/mol. The van der Waals surface area contributed by atoms with Gasteiger partial charge in [0.1, 0.15) is 9.88 Å². The number of benzene rings is 1. The smallest absolute Gasteiger partial charge is 0.265 e. The zero-order valence-electron chi connectivity index (χ0n) is 11.4. The van der Waals surface area contributed by atoms with Crippen molar-refractivity contribution >= 4 is 17.2 Å². The number of thiazole rings is 1. The third kappa shape index (κ3) is 2.73. The molecule has 0 bridgehead atoms. The molecule has 2 aromatic rings. The number of hydrogen-bond donors (Lipinski definition) is 1. The summed E-state index contributed by atoms with van der Waals surface area (Å²) in [7, 11) is 0. The van der Waals surface area contributed by atoms with Gasteiger partial charge in [0.25, 0.3) is 5.91 Å². The summed E-state index contributed by atoms with van der Waals surface area (Å²) in [6.45, 7) is 5.35. The average molecular weight is 287 g/mol. The average Bonchev–Trinajstić information content (AvgIpc) is 2.98. The maximum Gasteiger partial charge on any atom is 0.265 e. The summed E-state index contributed by atoms with van der Waals surface area (Å²) in [4.78, 5) is 19.4. The molecule has 1 amide bonds. The Morgan fingerprint density at radius 2 is 1.95 bits per heavy atom. The van der Waals surface area contributed by atoms with E-state index in [1.807, 2.05) is 17.0 Å². The molecule has 104 valence electrons. The molecule has 1 N–H and O–H groups in total. The Kier molecular flexibility index (Phi) is 3.80. The molecule has 0 radical (unpaired) electrons. The van der Waals surface area contributed by atoms with Crippen LogP contribution in [0, 0.1) is 6.92 Å². The lowest BCUT2D eigenvalue weighted by atomic mass is 10.2. The minimum Gasteiger partial charge on any atom is -0.335 e. The normalized spacial score (nSPS) is 15.3. The monoisotopic (exact) mass is 287 g/mol. The Bertz CT molecular complexity index is 600. The zero-order chi connectivity index (χ0) is 13.9. The largest absolute Gasteiger partial charge is 0.335 e. The predicted octanol–water partition coefficient (Wildman–Crippen LogP) is 2.16. The second kappa shape index (κ2) is 5.73. The van der Waals surface area contributed by atoms with Crippen LogP contribution in [-0.2, 0) is 0 Å². The summed E-state index contributed by atoms with van der Waals surface area (Å²) >= 11 is 1.47. The van der Waals surface area contributed by atoms with Gasteiger partial charge in [0, 0.05) is 31.7 Å². The van der Waals surface area contributed by atoms with Crippen LogP contribution < -0.4 is 5.32 Å². The van der Waals surface area contributed by atoms with E-state index in [2.05, 4.69) is 29.4 Å². The van der Waals surface area contributed by atoms with Crippen molar-refractivity contribution in [2.75, 3.05) is 26.2 Å². The van der Waals surface area contributed by atoms with E-state index in [1.54, 1.807) is 6.20 Å². The van der Waals surface area contributed by atoms with Crippen LogP contribution in [0.4, 0.5) is 0 Å². The molecule has 0 unspecified atom stereocenters. The molecular formula is C15H17N3OS. The second-order valence-corrected chi connectivity index (χ2v) is 5.97. The van der Waals surface area contributed by atoms with Crippen molar-refractivity contribution in [1.29, 1.82) is 0 Å². The van der Waals surface area contributed by atoms with E-state index in [4.69, 9.17) is 0 Å². The molecule has 0 aliphatic carbocycles. The fraction of sp³-hybridized carbons (Fsp3) is 0.333. The fourth-order valence-electron chi connectivity index (χ4n) is 2.23. The van der Waals surface area contributed by atoms with Crippen molar-refractivity contribution < 1.29 is 4.79 Å². The van der Waals surface area contributed by atoms with Gasteiger partial charge in [-0.2, -0.15) is 0 Å². The summed E-state index contributed by atoms with van der Waals surface area (Å²) in [6.07, 6.45) is 1.70. The number of aryl methyl sites for hydroxylation is 1. The molecule has 0 saturated carbocycles. The van der Waals surface area contributed by atoms with Crippen LogP contribution in [0.1, 0.15) is 15.2 Å². The first kappa shape index (κ1) is 13.3. The first-order valence-electron chi connectivity index (χ1n) is 6.77. The predicted molar refractivity (Wildman–Crippen MR) is 81.1 cm³/mol. The Labute approximate surface area is 122 Å². The Morgan fingerprint density at radius 3 is 2.65 bits per heavy atom. The van der Waals surface area contributed by atoms with Crippen molar-refractivity contribution in [3.63, 3.8) is 0 Å². The van der Waals surface area contributed by atoms with Gasteiger partial charge >= 0.3 is 0 Å². The molecule has 1 aliphatic heterocycles. The molecule has 20 heavy (non-hydrogen) atoms. The summed E-state index contributed by atoms with van der Waals surface area (Å²) in [5.41, 5.74) is 2.29. The quantitative estimate of drug-likeness (QED) is 0.920. The topological polar surface area (TPSA) is 45.2 Å². The van der Waals surface area contributed by atoms with Crippen LogP contribution >= 0.6 is 11.3 Å². The molecule has 1 saturated heterocycles. The van der Waals surface area contributed by atoms with E-state index in [9.17, 15) is 4.79 Å². The number of nitrogens with one attached hydrogen (secondary N) is 1. The lowest BCUT2D eigenvalue weighted by Gasteiger charge is -2.26. The van der Waals surface area contributed by atoms with Crippen molar-refractivity contribution in [3.05, 3.63) is 40.9 Å². The van der Waals surface area contributed by atoms with Gasteiger partial charge < -0.3 is 10.2 Å². The molecule has 0 atom stereocenters. The van der Waals surface area contributed by atoms with E-state index in [1.165, 1.54) is 16.9 Å². The fourth-order valence-corrected chi connectivity index (χ4v) is 3.12. The Hall–Kier alpha value is -1.72. The Morgan fingerprint density at radius 1 is 1.25 bits per heavy atom. The van der Waals surface area contributed by atoms with Crippen LogP contribution in [0.15, 0.2) is 30.5 Å². The van der Waals surface area contributed by atoms with Crippen LogP contribution in [-0.4, -0.2) is 42.0 Å². The summed E-state index contributed by atoms with van der Waals surface area (Å²) < 4.78 is 0. The van der Waals surface area contributed by atoms with Crippen molar-refractivity contribution in [2.24, 2.45) is 0 Å². The van der Waals surface area contributed by atoms with Crippen molar-refractivity contribution in [3.8, 4) is 10.6 Å². The molecule has 1 fully saturated rings. The molecule has 3 rings (SSSR count). The molecule has 2 heterocycles. The number of piperazine rings is 1. The van der Waals surface area contributed by atoms with Gasteiger partial charge in [-0.3, -0.25) is 4.79 Å². The van der Waals surface area contributed by atoms with Crippen LogP contribution in [0.3, 0.4) is 0 Å². The number of nitrogens with zero attached hydrogens (tertiary/aromatic N) is 2. The molecule has 1 aliphatic rings. The number of rotatable bonds is 2. The molecule has 5 heteroatoms. The van der Waals surface area contributed by atoms with E-state index >= 15 is 0 Å². The van der Waals surface area contributed by atoms with Crippen LogP contribution in [0.2, 0.25) is 0 Å². The maximum atomic E-state index is 12.4. The SMILES string of the molecule is Cc1ccc(-c2ncc(C(=O)N3CCNCC3)s2)cc1. The van der Waals surface area contributed by atoms with Gasteiger partial charge in [-0.1, -0.05) is 29.8 Å². The Balaban J connectivity index is 1.79. The van der Waals surface area contributed by atoms with Crippen molar-refractivity contribution in [2.45, 2.75) is 6.92 Å². The van der Waals surface area contributed by atoms with E-state index in [-0.39, 0.29) is 5.91 Å². The zero-order valence-corrected chi connectivity index (χ0v) is 12.2. The van der Waals surface area contributed by atoms with Gasteiger partial charge in [0.2, 0.25) is 0 Å². The maximum absolute atomic E-state index is 12.4. The van der Waals surface area contributed by atoms with Crippen LogP contribution in [0.5, 0.6) is 0 Å². The molecule has 1 aromatic carbocycles. The van der Waals surface area contributed by atoms with E-state index in [0.29, 0.717) is 0 Å². The third-order valence-corrected chi connectivity index (χ3v) is 4.45. The van der Waals surface area contributed by atoms with Crippen LogP contribution in [0.25, 0.3) is 10.6 Å². The van der Waals surface area contributed by atoms with E-state index < -0.39 is 0 Å². The number of carbonyl (C=O) groups is 1. The number of carbonyl (C=O) groups excluding carboxylic acids is 1. The number of hydrogen-bond acceptors (Lipinski definition) is 4. The highest BCUT2D eigenvalue weighted by Gasteiger charge is 2.20. The lowest BCUT2D eigenvalue weighted by Crippen LogP contribution is -2.46. The number of amides is 1. The van der Waals surface area contributed by atoms with Gasteiger partial charge in [-0.15, -0.1) is 11.3 Å². The van der Waals surface area contributed by atoms with Gasteiger partial charge in [-0.05, 0) is 6.92 Å². The minimum atomic E-state index is 0.0994. The highest BCUT2D eigenvalue weighted by molar-refractivity contribution is 7.16. The highest BCUT2D eigenvalue weighted by atomic mass is 32.1. The third-order valence-electron chi connectivity index (χ3n) is 3.42. The second-order valence-electron chi connectivity index (χ2n) is 4.94. The molecule has 0 spiro atoms. The van der Waals surface area contributed by atoms with E-state index in [0.717, 1.165) is 41.6 Å². The molecule has 1 aromatic heterocycles. The summed E-state index contributed by atoms with van der Waals surface area (Å²) in [5.74, 6) is 0.0994. The lowest BCUT2D eigenvalue weighted by molar-refractivity contribution is 0.0740. The summed E-state index contributed by atoms with van der Waals surface area (Å²) in [6, 6.07) is 8.23. The van der Waals surface area contributed by atoms with Gasteiger partial charge in [0.15, 0.2) is 0 Å². The number of aromatic nitrogens is 1. The molecule has 4 nitrogen and oxygen atoms in total.